The lowest BCUT2D eigenvalue weighted by atomic mass is 10.2. The molecule has 0 aromatic heterocycles. The van der Waals surface area contributed by atoms with E-state index in [0.29, 0.717) is 6.42 Å². The number of nitrogen functional groups attached to an aromatic ring is 1. The third kappa shape index (κ3) is 2.97. The van der Waals surface area contributed by atoms with E-state index in [0.717, 1.165) is 28.3 Å². The number of thioether (sulfide) groups is 1. The molecular weight excluding hydrogens is 192 g/mol. The molecule has 2 N–H and O–H groups in total. The standard InChI is InChI=1S/C11H14N2S/c1-9-5-4-6-10(11(9)13)14-8-3-2-7-12/h4-6H,2-3,8,13H2,1H3. The molecular formula is C11H14N2S. The highest BCUT2D eigenvalue weighted by Crippen LogP contribution is 2.27. The molecule has 0 heterocycles. The van der Waals surface area contributed by atoms with Gasteiger partial charge in [0.25, 0.3) is 0 Å². The van der Waals surface area contributed by atoms with Crippen LogP contribution in [0.4, 0.5) is 5.69 Å². The summed E-state index contributed by atoms with van der Waals surface area (Å²) < 4.78 is 0. The molecule has 0 aliphatic heterocycles. The van der Waals surface area contributed by atoms with E-state index in [1.54, 1.807) is 11.8 Å². The third-order valence-electron chi connectivity index (χ3n) is 1.97. The van der Waals surface area contributed by atoms with Gasteiger partial charge in [-0.05, 0) is 30.7 Å². The Balaban J connectivity index is 2.51. The first-order valence-corrected chi connectivity index (χ1v) is 5.59. The number of benzene rings is 1. The molecule has 0 aliphatic carbocycles. The zero-order valence-corrected chi connectivity index (χ0v) is 9.10. The van der Waals surface area contributed by atoms with Gasteiger partial charge in [0.2, 0.25) is 0 Å². The summed E-state index contributed by atoms with van der Waals surface area (Å²) in [6.45, 7) is 2.01. The van der Waals surface area contributed by atoms with Gasteiger partial charge in [-0.1, -0.05) is 12.1 Å². The largest absolute Gasteiger partial charge is 0.398 e. The fourth-order valence-electron chi connectivity index (χ4n) is 1.11. The number of aryl methyl sites for hydroxylation is 1. The van der Waals surface area contributed by atoms with Crippen molar-refractivity contribution in [2.45, 2.75) is 24.7 Å². The zero-order valence-electron chi connectivity index (χ0n) is 8.29. The lowest BCUT2D eigenvalue weighted by Gasteiger charge is -2.06. The second kappa shape index (κ2) is 5.56. The van der Waals surface area contributed by atoms with E-state index in [2.05, 4.69) is 6.07 Å². The average Bonchev–Trinajstić information content (AvgIpc) is 2.19. The molecule has 1 aromatic carbocycles. The van der Waals surface area contributed by atoms with Crippen LogP contribution in [0.2, 0.25) is 0 Å². The van der Waals surface area contributed by atoms with Crippen LogP contribution in [0.15, 0.2) is 23.1 Å². The van der Waals surface area contributed by atoms with Crippen molar-refractivity contribution in [3.05, 3.63) is 23.8 Å². The third-order valence-corrected chi connectivity index (χ3v) is 3.13. The number of nitrogens with two attached hydrogens (primary N) is 1. The molecule has 2 nitrogen and oxygen atoms in total. The number of rotatable bonds is 4. The van der Waals surface area contributed by atoms with E-state index in [4.69, 9.17) is 11.0 Å². The number of hydrogen-bond acceptors (Lipinski definition) is 3. The minimum Gasteiger partial charge on any atom is -0.398 e. The molecule has 0 saturated carbocycles. The first-order chi connectivity index (χ1) is 6.75. The van der Waals surface area contributed by atoms with Crippen LogP contribution >= 0.6 is 11.8 Å². The molecule has 0 fully saturated rings. The van der Waals surface area contributed by atoms with E-state index in [1.165, 1.54) is 0 Å². The van der Waals surface area contributed by atoms with Crippen LogP contribution in [-0.4, -0.2) is 5.75 Å². The molecule has 0 saturated heterocycles. The minimum absolute atomic E-state index is 0.624. The van der Waals surface area contributed by atoms with E-state index in [9.17, 15) is 0 Å². The molecule has 0 aliphatic rings. The molecule has 0 bridgehead atoms. The summed E-state index contributed by atoms with van der Waals surface area (Å²) in [5, 5.41) is 8.38. The van der Waals surface area contributed by atoms with Crippen LogP contribution in [0.25, 0.3) is 0 Å². The Morgan fingerprint density at radius 2 is 2.29 bits per heavy atom. The predicted molar refractivity (Wildman–Crippen MR) is 61.2 cm³/mol. The molecule has 0 spiro atoms. The van der Waals surface area contributed by atoms with Gasteiger partial charge in [0.1, 0.15) is 0 Å². The lowest BCUT2D eigenvalue weighted by molar-refractivity contribution is 0.981. The van der Waals surface area contributed by atoms with Crippen molar-refractivity contribution in [2.75, 3.05) is 11.5 Å². The Morgan fingerprint density at radius 3 is 3.00 bits per heavy atom. The highest BCUT2D eigenvalue weighted by molar-refractivity contribution is 7.99. The van der Waals surface area contributed by atoms with E-state index in [-0.39, 0.29) is 0 Å². The van der Waals surface area contributed by atoms with E-state index >= 15 is 0 Å². The SMILES string of the molecule is Cc1cccc(SCCCC#N)c1N. The Morgan fingerprint density at radius 1 is 1.50 bits per heavy atom. The topological polar surface area (TPSA) is 49.8 Å². The zero-order chi connectivity index (χ0) is 10.4. The lowest BCUT2D eigenvalue weighted by Crippen LogP contribution is -1.92. The number of unbranched alkanes of at least 4 members (excludes halogenated alkanes) is 1. The Kier molecular flexibility index (Phi) is 4.34. The van der Waals surface area contributed by atoms with Crippen molar-refractivity contribution < 1.29 is 0 Å². The fraction of sp³-hybridized carbons (Fsp3) is 0.364. The van der Waals surface area contributed by atoms with Gasteiger partial charge in [-0.25, -0.2) is 0 Å². The van der Waals surface area contributed by atoms with Gasteiger partial charge < -0.3 is 5.73 Å². The summed E-state index contributed by atoms with van der Waals surface area (Å²) in [6.07, 6.45) is 1.55. The quantitative estimate of drug-likeness (QED) is 0.468. The van der Waals surface area contributed by atoms with Crippen LogP contribution in [0.3, 0.4) is 0 Å². The van der Waals surface area contributed by atoms with Crippen LogP contribution in [0, 0.1) is 18.3 Å². The summed E-state index contributed by atoms with van der Waals surface area (Å²) in [6, 6.07) is 8.18. The van der Waals surface area contributed by atoms with Gasteiger partial charge in [-0.2, -0.15) is 5.26 Å². The van der Waals surface area contributed by atoms with Crippen LogP contribution in [-0.2, 0) is 0 Å². The maximum atomic E-state index is 8.38. The molecule has 0 amide bonds. The van der Waals surface area contributed by atoms with Crippen molar-refractivity contribution in [3.8, 4) is 6.07 Å². The van der Waals surface area contributed by atoms with Gasteiger partial charge in [0.05, 0.1) is 6.07 Å². The number of nitriles is 1. The van der Waals surface area contributed by atoms with Crippen molar-refractivity contribution in [2.24, 2.45) is 0 Å². The molecule has 0 atom stereocenters. The predicted octanol–water partition coefficient (Wildman–Crippen LogP) is 2.97. The molecule has 0 unspecified atom stereocenters. The first-order valence-electron chi connectivity index (χ1n) is 4.60. The first kappa shape index (κ1) is 10.9. The Hall–Kier alpha value is -1.14. The average molecular weight is 206 g/mol. The summed E-state index contributed by atoms with van der Waals surface area (Å²) in [4.78, 5) is 1.13. The molecule has 14 heavy (non-hydrogen) atoms. The normalized spacial score (nSPS) is 9.71. The Labute approximate surface area is 89.1 Å². The second-order valence-electron chi connectivity index (χ2n) is 3.10. The van der Waals surface area contributed by atoms with Gasteiger partial charge in [0, 0.05) is 17.0 Å². The van der Waals surface area contributed by atoms with Crippen LogP contribution < -0.4 is 5.73 Å². The molecule has 3 heteroatoms. The number of hydrogen-bond donors (Lipinski definition) is 1. The summed E-state index contributed by atoms with van der Waals surface area (Å²) in [7, 11) is 0. The molecule has 0 radical (unpaired) electrons. The summed E-state index contributed by atoms with van der Waals surface area (Å²) >= 11 is 1.73. The smallest absolute Gasteiger partial charge is 0.0622 e. The summed E-state index contributed by atoms with van der Waals surface area (Å²) in [5.41, 5.74) is 7.90. The second-order valence-corrected chi connectivity index (χ2v) is 4.23. The van der Waals surface area contributed by atoms with Crippen LogP contribution in [0.1, 0.15) is 18.4 Å². The highest BCUT2D eigenvalue weighted by atomic mass is 32.2. The fourth-order valence-corrected chi connectivity index (χ4v) is 2.11. The van der Waals surface area contributed by atoms with E-state index < -0.39 is 0 Å². The van der Waals surface area contributed by atoms with Crippen LogP contribution in [0.5, 0.6) is 0 Å². The maximum Gasteiger partial charge on any atom is 0.0622 e. The van der Waals surface area contributed by atoms with Gasteiger partial charge in [-0.3, -0.25) is 0 Å². The Bertz CT molecular complexity index is 342. The molecule has 1 rings (SSSR count). The van der Waals surface area contributed by atoms with E-state index in [1.807, 2.05) is 25.1 Å². The van der Waals surface area contributed by atoms with Gasteiger partial charge >= 0.3 is 0 Å². The minimum atomic E-state index is 0.624. The van der Waals surface area contributed by atoms with Crippen molar-refractivity contribution in [1.82, 2.24) is 0 Å². The summed E-state index contributed by atoms with van der Waals surface area (Å²) in [5.74, 6) is 0.960. The van der Waals surface area contributed by atoms with Gasteiger partial charge in [0.15, 0.2) is 0 Å². The molecule has 1 aromatic rings. The van der Waals surface area contributed by atoms with Gasteiger partial charge in [-0.15, -0.1) is 11.8 Å². The van der Waals surface area contributed by atoms with Crippen molar-refractivity contribution in [3.63, 3.8) is 0 Å². The highest BCUT2D eigenvalue weighted by Gasteiger charge is 2.01. The number of nitrogens with zero attached hydrogens (tertiary/aromatic N) is 1. The molecule has 74 valence electrons. The van der Waals surface area contributed by atoms with Crippen molar-refractivity contribution in [1.29, 1.82) is 5.26 Å². The maximum absolute atomic E-state index is 8.38. The monoisotopic (exact) mass is 206 g/mol. The number of anilines is 1. The number of para-hydroxylation sites is 1. The van der Waals surface area contributed by atoms with Crippen molar-refractivity contribution >= 4 is 17.4 Å².